The van der Waals surface area contributed by atoms with Crippen molar-refractivity contribution in [3.8, 4) is 23.0 Å². The normalized spacial score (nSPS) is 11.7. The second-order valence-corrected chi connectivity index (χ2v) is 8.30. The predicted molar refractivity (Wildman–Crippen MR) is 129 cm³/mol. The molecule has 0 aliphatic carbocycles. The second kappa shape index (κ2) is 10.4. The Labute approximate surface area is 194 Å². The fourth-order valence-corrected chi connectivity index (χ4v) is 3.33. The molecule has 0 saturated heterocycles. The Kier molecular flexibility index (Phi) is 7.65. The first-order valence-corrected chi connectivity index (χ1v) is 10.8. The first-order chi connectivity index (χ1) is 15.3. The molecule has 0 saturated carbocycles. The molecule has 0 spiro atoms. The first kappa shape index (κ1) is 23.5. The number of rotatable bonds is 8. The van der Waals surface area contributed by atoms with Crippen LogP contribution in [0.1, 0.15) is 37.8 Å². The summed E-state index contributed by atoms with van der Waals surface area (Å²) in [7, 11) is 1.60. The number of carbonyl (C=O) groups excluding carboxylic acids is 1. The van der Waals surface area contributed by atoms with Crippen LogP contribution in [0.4, 0.5) is 5.69 Å². The molecule has 6 heteroatoms. The Hall–Kier alpha value is -3.18. The summed E-state index contributed by atoms with van der Waals surface area (Å²) >= 11 is 6.17. The standard InChI is InChI=1S/C26H28ClNO4/c1-16(2)22-12-6-17(3)14-25(22)31-18(4)26(29)28-23-15-19(27)7-13-24(23)32-21-10-8-20(30-5)9-11-21/h6-16,18H,1-5H3,(H,28,29)/t18-/m0/s1. The average Bonchev–Trinajstić information content (AvgIpc) is 2.76. The number of amides is 1. The number of aryl methyl sites for hydroxylation is 1. The summed E-state index contributed by atoms with van der Waals surface area (Å²) in [6, 6.07) is 18.3. The van der Waals surface area contributed by atoms with Crippen molar-refractivity contribution in [3.63, 3.8) is 0 Å². The minimum absolute atomic E-state index is 0.276. The van der Waals surface area contributed by atoms with Gasteiger partial charge in [0, 0.05) is 5.02 Å². The summed E-state index contributed by atoms with van der Waals surface area (Å²) in [6.45, 7) is 7.90. The van der Waals surface area contributed by atoms with Crippen LogP contribution in [0.15, 0.2) is 60.7 Å². The van der Waals surface area contributed by atoms with E-state index < -0.39 is 6.10 Å². The molecule has 1 atom stereocenters. The summed E-state index contributed by atoms with van der Waals surface area (Å²) in [4.78, 5) is 12.9. The lowest BCUT2D eigenvalue weighted by Crippen LogP contribution is -2.30. The van der Waals surface area contributed by atoms with Gasteiger partial charge in [-0.25, -0.2) is 0 Å². The Morgan fingerprint density at radius 2 is 1.59 bits per heavy atom. The third kappa shape index (κ3) is 5.95. The molecule has 0 fully saturated rings. The average molecular weight is 454 g/mol. The highest BCUT2D eigenvalue weighted by Crippen LogP contribution is 2.33. The van der Waals surface area contributed by atoms with Crippen LogP contribution in [0.2, 0.25) is 5.02 Å². The first-order valence-electron chi connectivity index (χ1n) is 10.5. The molecular formula is C26H28ClNO4. The molecule has 32 heavy (non-hydrogen) atoms. The van der Waals surface area contributed by atoms with Crippen LogP contribution in [0, 0.1) is 6.92 Å². The van der Waals surface area contributed by atoms with Gasteiger partial charge in [0.25, 0.3) is 5.91 Å². The van der Waals surface area contributed by atoms with Gasteiger partial charge >= 0.3 is 0 Å². The lowest BCUT2D eigenvalue weighted by Gasteiger charge is -2.20. The van der Waals surface area contributed by atoms with Crippen LogP contribution < -0.4 is 19.5 Å². The van der Waals surface area contributed by atoms with Crippen LogP contribution in [0.5, 0.6) is 23.0 Å². The maximum atomic E-state index is 12.9. The van der Waals surface area contributed by atoms with Crippen LogP contribution in [0.25, 0.3) is 0 Å². The Morgan fingerprint density at radius 1 is 0.906 bits per heavy atom. The summed E-state index contributed by atoms with van der Waals surface area (Å²) < 4.78 is 17.2. The fraction of sp³-hybridized carbons (Fsp3) is 0.269. The Balaban J connectivity index is 1.77. The van der Waals surface area contributed by atoms with Crippen molar-refractivity contribution in [2.45, 2.75) is 39.7 Å². The second-order valence-electron chi connectivity index (χ2n) is 7.86. The van der Waals surface area contributed by atoms with E-state index in [1.165, 1.54) is 0 Å². The third-order valence-electron chi connectivity index (χ3n) is 4.95. The molecule has 5 nitrogen and oxygen atoms in total. The molecule has 0 bridgehead atoms. The number of ether oxygens (including phenoxy) is 3. The number of hydrogen-bond acceptors (Lipinski definition) is 4. The largest absolute Gasteiger partial charge is 0.497 e. The fourth-order valence-electron chi connectivity index (χ4n) is 3.16. The Morgan fingerprint density at radius 3 is 2.25 bits per heavy atom. The van der Waals surface area contributed by atoms with Gasteiger partial charge in [-0.2, -0.15) is 0 Å². The highest BCUT2D eigenvalue weighted by atomic mass is 35.5. The molecule has 168 valence electrons. The molecular weight excluding hydrogens is 426 g/mol. The van der Waals surface area contributed by atoms with E-state index in [1.54, 1.807) is 56.5 Å². The van der Waals surface area contributed by atoms with Gasteiger partial charge in [0.2, 0.25) is 0 Å². The van der Waals surface area contributed by atoms with Crippen LogP contribution in [-0.4, -0.2) is 19.1 Å². The molecule has 0 radical (unpaired) electrons. The molecule has 0 aromatic heterocycles. The molecule has 1 N–H and O–H groups in total. The number of methoxy groups -OCH3 is 1. The summed E-state index contributed by atoms with van der Waals surface area (Å²) in [5.41, 5.74) is 2.59. The summed E-state index contributed by atoms with van der Waals surface area (Å²) in [5.74, 6) is 2.49. The zero-order chi connectivity index (χ0) is 23.3. The van der Waals surface area contributed by atoms with Crippen molar-refractivity contribution in [1.29, 1.82) is 0 Å². The van der Waals surface area contributed by atoms with Gasteiger partial charge in [-0.05, 0) is 79.4 Å². The predicted octanol–water partition coefficient (Wildman–Crippen LogP) is 6.98. The van der Waals surface area contributed by atoms with Crippen molar-refractivity contribution < 1.29 is 19.0 Å². The van der Waals surface area contributed by atoms with Gasteiger partial charge in [0.1, 0.15) is 17.2 Å². The van der Waals surface area contributed by atoms with Gasteiger partial charge in [0.15, 0.2) is 11.9 Å². The van der Waals surface area contributed by atoms with Crippen molar-refractivity contribution in [2.75, 3.05) is 12.4 Å². The maximum Gasteiger partial charge on any atom is 0.265 e. The van der Waals surface area contributed by atoms with Crippen molar-refractivity contribution in [3.05, 3.63) is 76.8 Å². The molecule has 3 aromatic carbocycles. The maximum absolute atomic E-state index is 12.9. The molecule has 3 rings (SSSR count). The van der Waals surface area contributed by atoms with Crippen LogP contribution in [0.3, 0.4) is 0 Å². The van der Waals surface area contributed by atoms with Crippen molar-refractivity contribution in [2.24, 2.45) is 0 Å². The summed E-state index contributed by atoms with van der Waals surface area (Å²) in [5, 5.41) is 3.36. The minimum Gasteiger partial charge on any atom is -0.497 e. The molecule has 0 heterocycles. The smallest absolute Gasteiger partial charge is 0.265 e. The quantitative estimate of drug-likeness (QED) is 0.399. The van der Waals surface area contributed by atoms with E-state index in [4.69, 9.17) is 25.8 Å². The van der Waals surface area contributed by atoms with Gasteiger partial charge in [-0.15, -0.1) is 0 Å². The Bertz CT molecular complexity index is 1080. The van der Waals surface area contributed by atoms with Crippen LogP contribution in [-0.2, 0) is 4.79 Å². The van der Waals surface area contributed by atoms with Gasteiger partial charge in [-0.1, -0.05) is 37.6 Å². The van der Waals surface area contributed by atoms with E-state index in [2.05, 4.69) is 19.2 Å². The van der Waals surface area contributed by atoms with E-state index in [-0.39, 0.29) is 11.8 Å². The number of hydrogen-bond donors (Lipinski definition) is 1. The van der Waals surface area contributed by atoms with Crippen molar-refractivity contribution in [1.82, 2.24) is 0 Å². The SMILES string of the molecule is COc1ccc(Oc2ccc(Cl)cc2NC(=O)[C@H](C)Oc2cc(C)ccc2C(C)C)cc1. The highest BCUT2D eigenvalue weighted by Gasteiger charge is 2.20. The van der Waals surface area contributed by atoms with E-state index in [0.29, 0.717) is 28.0 Å². The van der Waals surface area contributed by atoms with E-state index in [0.717, 1.165) is 16.9 Å². The highest BCUT2D eigenvalue weighted by molar-refractivity contribution is 6.31. The van der Waals surface area contributed by atoms with E-state index in [9.17, 15) is 4.79 Å². The van der Waals surface area contributed by atoms with E-state index >= 15 is 0 Å². The number of anilines is 1. The zero-order valence-corrected chi connectivity index (χ0v) is 19.7. The van der Waals surface area contributed by atoms with Crippen LogP contribution >= 0.6 is 11.6 Å². The molecule has 1 amide bonds. The third-order valence-corrected chi connectivity index (χ3v) is 5.19. The molecule has 0 unspecified atom stereocenters. The van der Waals surface area contributed by atoms with Crippen molar-refractivity contribution >= 4 is 23.2 Å². The van der Waals surface area contributed by atoms with Gasteiger partial charge in [0.05, 0.1) is 12.8 Å². The monoisotopic (exact) mass is 453 g/mol. The number of benzene rings is 3. The topological polar surface area (TPSA) is 56.8 Å². The van der Waals surface area contributed by atoms with Gasteiger partial charge < -0.3 is 19.5 Å². The number of halogens is 1. The summed E-state index contributed by atoms with van der Waals surface area (Å²) in [6.07, 6.45) is -0.720. The van der Waals surface area contributed by atoms with E-state index in [1.807, 2.05) is 25.1 Å². The molecule has 3 aromatic rings. The number of carbonyl (C=O) groups is 1. The lowest BCUT2D eigenvalue weighted by molar-refractivity contribution is -0.122. The lowest BCUT2D eigenvalue weighted by atomic mass is 10.0. The zero-order valence-electron chi connectivity index (χ0n) is 18.9. The molecule has 0 aliphatic heterocycles. The minimum atomic E-state index is -0.720. The number of nitrogens with one attached hydrogen (secondary N) is 1. The molecule has 0 aliphatic rings. The van der Waals surface area contributed by atoms with Gasteiger partial charge in [-0.3, -0.25) is 4.79 Å².